The fourth-order valence-corrected chi connectivity index (χ4v) is 10.1. The van der Waals surface area contributed by atoms with E-state index in [9.17, 15) is 0 Å². The Bertz CT molecular complexity index is 2240. The van der Waals surface area contributed by atoms with Crippen LogP contribution < -0.4 is 9.80 Å². The molecule has 2 nitrogen and oxygen atoms in total. The Morgan fingerprint density at radius 2 is 0.750 bits per heavy atom. The van der Waals surface area contributed by atoms with Gasteiger partial charge in [0, 0.05) is 37.6 Å². The molecule has 0 radical (unpaired) electrons. The molecule has 0 atom stereocenters. The molecular formula is C42H36N2. The average molecular weight is 569 g/mol. The van der Waals surface area contributed by atoms with Crippen LogP contribution in [-0.2, 0) is 25.7 Å². The second kappa shape index (κ2) is 8.66. The van der Waals surface area contributed by atoms with Gasteiger partial charge in [-0.05, 0) is 163 Å². The zero-order valence-corrected chi connectivity index (χ0v) is 25.3. The summed E-state index contributed by atoms with van der Waals surface area (Å²) in [6.45, 7) is 4.85. The highest BCUT2D eigenvalue weighted by atomic mass is 15.1. The smallest absolute Gasteiger partial charge is 0.0438 e. The molecule has 4 aliphatic heterocycles. The third-order valence-electron chi connectivity index (χ3n) is 11.8. The number of benzene rings is 7. The minimum Gasteiger partial charge on any atom is -0.371 e. The Hall–Kier alpha value is -4.30. The van der Waals surface area contributed by atoms with Gasteiger partial charge in [0.15, 0.2) is 0 Å². The number of anilines is 2. The first-order chi connectivity index (χ1) is 21.8. The van der Waals surface area contributed by atoms with E-state index in [4.69, 9.17) is 0 Å². The molecule has 0 aromatic heterocycles. The minimum atomic E-state index is 1.19. The van der Waals surface area contributed by atoms with Crippen LogP contribution in [0.4, 0.5) is 11.4 Å². The highest BCUT2D eigenvalue weighted by Crippen LogP contribution is 2.49. The van der Waals surface area contributed by atoms with Crippen LogP contribution in [-0.4, -0.2) is 26.2 Å². The van der Waals surface area contributed by atoms with Crippen molar-refractivity contribution in [1.29, 1.82) is 0 Å². The van der Waals surface area contributed by atoms with Crippen molar-refractivity contribution < 1.29 is 0 Å². The molecule has 2 heteroatoms. The number of fused-ring (bicyclic) bond motifs is 14. The van der Waals surface area contributed by atoms with Crippen molar-refractivity contribution in [3.63, 3.8) is 0 Å². The number of hydrogen-bond donors (Lipinski definition) is 0. The van der Waals surface area contributed by atoms with Gasteiger partial charge in [0.1, 0.15) is 0 Å². The minimum absolute atomic E-state index is 1.19. The van der Waals surface area contributed by atoms with Crippen molar-refractivity contribution in [2.45, 2.75) is 51.4 Å². The summed E-state index contributed by atoms with van der Waals surface area (Å²) in [5.74, 6) is 0. The summed E-state index contributed by atoms with van der Waals surface area (Å²) in [4.78, 5) is 5.40. The molecule has 0 saturated heterocycles. The Balaban J connectivity index is 1.37. The maximum absolute atomic E-state index is 2.70. The van der Waals surface area contributed by atoms with Gasteiger partial charge >= 0.3 is 0 Å². The number of hydrogen-bond acceptors (Lipinski definition) is 2. The third-order valence-corrected chi connectivity index (χ3v) is 11.8. The topological polar surface area (TPSA) is 6.48 Å². The summed E-state index contributed by atoms with van der Waals surface area (Å²) in [6, 6.07) is 29.0. The first-order valence-electron chi connectivity index (χ1n) is 17.1. The Labute approximate surface area is 257 Å². The maximum Gasteiger partial charge on any atom is 0.0438 e. The van der Waals surface area contributed by atoms with E-state index < -0.39 is 0 Å². The fraction of sp³-hybridized carbons (Fsp3) is 0.286. The Kier molecular flexibility index (Phi) is 4.74. The van der Waals surface area contributed by atoms with Crippen LogP contribution in [0.15, 0.2) is 72.8 Å². The van der Waals surface area contributed by atoms with Gasteiger partial charge in [0.25, 0.3) is 0 Å². The van der Waals surface area contributed by atoms with Gasteiger partial charge < -0.3 is 9.80 Å². The molecule has 0 bridgehead atoms. The van der Waals surface area contributed by atoms with Gasteiger partial charge in [-0.3, -0.25) is 0 Å². The number of rotatable bonds is 0. The lowest BCUT2D eigenvalue weighted by atomic mass is 9.81. The van der Waals surface area contributed by atoms with E-state index in [1.807, 2.05) is 0 Å². The third kappa shape index (κ3) is 3.02. The molecule has 4 heterocycles. The van der Waals surface area contributed by atoms with E-state index in [0.29, 0.717) is 0 Å². The molecule has 0 spiro atoms. The van der Waals surface area contributed by atoms with Crippen molar-refractivity contribution in [2.75, 3.05) is 36.0 Å². The van der Waals surface area contributed by atoms with E-state index in [1.54, 1.807) is 33.6 Å². The highest BCUT2D eigenvalue weighted by Gasteiger charge is 2.29. The normalized spacial score (nSPS) is 17.7. The summed E-state index contributed by atoms with van der Waals surface area (Å²) in [7, 11) is 0. The quantitative estimate of drug-likeness (QED) is 0.133. The lowest BCUT2D eigenvalue weighted by Crippen LogP contribution is -2.34. The van der Waals surface area contributed by atoms with Crippen LogP contribution in [0.3, 0.4) is 0 Å². The van der Waals surface area contributed by atoms with Crippen molar-refractivity contribution in [1.82, 2.24) is 0 Å². The van der Waals surface area contributed by atoms with Gasteiger partial charge in [-0.2, -0.15) is 0 Å². The molecule has 44 heavy (non-hydrogen) atoms. The van der Waals surface area contributed by atoms with Crippen molar-refractivity contribution in [3.8, 4) is 0 Å². The second-order valence-electron chi connectivity index (χ2n) is 14.0. The molecule has 4 aliphatic rings. The van der Waals surface area contributed by atoms with E-state index >= 15 is 0 Å². The standard InChI is InChI=1S/C42H36N2/c1-3-13-29-27(11-1)33-23-36-34(24-35(33)37-21-25-9-5-17-43-19-7-15-31(39(29)37)41(25)43)28-12-2-4-14-30(28)40-32-16-8-20-44-18-6-10-26(42(32)44)22-38(36)40/h1-4,11-14,21-24H,5-10,15-20H2. The lowest BCUT2D eigenvalue weighted by molar-refractivity contribution is 0.637. The molecule has 0 N–H and O–H groups in total. The van der Waals surface area contributed by atoms with E-state index in [-0.39, 0.29) is 0 Å². The average Bonchev–Trinajstić information content (AvgIpc) is 3.08. The van der Waals surface area contributed by atoms with E-state index in [2.05, 4.69) is 82.6 Å². The molecular weight excluding hydrogens is 532 g/mol. The molecule has 214 valence electrons. The molecule has 0 fully saturated rings. The zero-order chi connectivity index (χ0) is 28.5. The lowest BCUT2D eigenvalue weighted by Gasteiger charge is -2.38. The van der Waals surface area contributed by atoms with Crippen molar-refractivity contribution in [3.05, 3.63) is 95.1 Å². The number of aryl methyl sites for hydroxylation is 4. The highest BCUT2D eigenvalue weighted by molar-refractivity contribution is 6.34. The summed E-state index contributed by atoms with van der Waals surface area (Å²) in [5.41, 5.74) is 9.53. The molecule has 0 aliphatic carbocycles. The van der Waals surface area contributed by atoms with E-state index in [0.717, 1.165) is 0 Å². The molecule has 0 unspecified atom stereocenters. The predicted octanol–water partition coefficient (Wildman–Crippen LogP) is 10.0. The zero-order valence-electron chi connectivity index (χ0n) is 25.3. The first-order valence-corrected chi connectivity index (χ1v) is 17.1. The summed E-state index contributed by atoms with van der Waals surface area (Å²) in [6.07, 6.45) is 9.85. The largest absolute Gasteiger partial charge is 0.371 e. The fourth-order valence-electron chi connectivity index (χ4n) is 10.1. The Morgan fingerprint density at radius 1 is 0.364 bits per heavy atom. The second-order valence-corrected chi connectivity index (χ2v) is 14.0. The summed E-state index contributed by atoms with van der Waals surface area (Å²) >= 11 is 0. The molecule has 0 saturated carbocycles. The van der Waals surface area contributed by atoms with Gasteiger partial charge in [-0.15, -0.1) is 0 Å². The molecule has 11 rings (SSSR count). The molecule has 7 aromatic carbocycles. The van der Waals surface area contributed by atoms with E-state index in [1.165, 1.54) is 142 Å². The van der Waals surface area contributed by atoms with Gasteiger partial charge in [-0.25, -0.2) is 0 Å². The summed E-state index contributed by atoms with van der Waals surface area (Å²) in [5, 5.41) is 17.4. The molecule has 0 amide bonds. The van der Waals surface area contributed by atoms with Crippen molar-refractivity contribution in [2.24, 2.45) is 0 Å². The van der Waals surface area contributed by atoms with Crippen LogP contribution in [0, 0.1) is 0 Å². The number of nitrogens with zero attached hydrogens (tertiary/aromatic N) is 2. The monoisotopic (exact) mass is 568 g/mol. The maximum atomic E-state index is 2.70. The molecule has 7 aromatic rings. The predicted molar refractivity (Wildman–Crippen MR) is 189 cm³/mol. The van der Waals surface area contributed by atoms with Crippen LogP contribution in [0.5, 0.6) is 0 Å². The first kappa shape index (κ1) is 24.1. The van der Waals surface area contributed by atoms with Crippen LogP contribution >= 0.6 is 0 Å². The van der Waals surface area contributed by atoms with Crippen LogP contribution in [0.25, 0.3) is 64.6 Å². The Morgan fingerprint density at radius 3 is 1.20 bits per heavy atom. The van der Waals surface area contributed by atoms with Crippen molar-refractivity contribution >= 4 is 76.0 Å². The van der Waals surface area contributed by atoms with Crippen LogP contribution in [0.1, 0.15) is 47.9 Å². The van der Waals surface area contributed by atoms with Gasteiger partial charge in [-0.1, -0.05) is 48.5 Å². The SMILES string of the molecule is c1ccc2c(c1)c1cc3c(cc1c1cc4c5c(c21)CCCN5CCC4)c1ccccc1c1c2c4c(cc31)CCCN4CCC2. The van der Waals surface area contributed by atoms with Gasteiger partial charge in [0.05, 0.1) is 0 Å². The summed E-state index contributed by atoms with van der Waals surface area (Å²) < 4.78 is 0. The van der Waals surface area contributed by atoms with Gasteiger partial charge in [0.2, 0.25) is 0 Å². The van der Waals surface area contributed by atoms with Crippen LogP contribution in [0.2, 0.25) is 0 Å².